The Kier molecular flexibility index (Phi) is 4.79. The van der Waals surface area contributed by atoms with Gasteiger partial charge in [0.2, 0.25) is 0 Å². The molecule has 2 nitrogen and oxygen atoms in total. The molecule has 100 valence electrons. The molecular weight excluding hydrogens is 220 g/mol. The molecule has 0 heterocycles. The van der Waals surface area contributed by atoms with Crippen LogP contribution in [0.25, 0.3) is 0 Å². The lowest BCUT2D eigenvalue weighted by Gasteiger charge is -2.21. The zero-order valence-electron chi connectivity index (χ0n) is 11.5. The van der Waals surface area contributed by atoms with Crippen molar-refractivity contribution in [2.24, 2.45) is 17.4 Å². The van der Waals surface area contributed by atoms with Gasteiger partial charge in [-0.25, -0.2) is 0 Å². The molecule has 0 spiro atoms. The average molecular weight is 246 g/mol. The van der Waals surface area contributed by atoms with Crippen LogP contribution in [0, 0.1) is 5.92 Å². The van der Waals surface area contributed by atoms with Crippen molar-refractivity contribution in [1.82, 2.24) is 0 Å². The van der Waals surface area contributed by atoms with E-state index in [4.69, 9.17) is 11.5 Å². The minimum atomic E-state index is 0.455. The fourth-order valence-electron chi connectivity index (χ4n) is 2.98. The van der Waals surface area contributed by atoms with Crippen LogP contribution in [0.5, 0.6) is 0 Å². The van der Waals surface area contributed by atoms with Gasteiger partial charge >= 0.3 is 0 Å². The second kappa shape index (κ2) is 6.35. The Morgan fingerprint density at radius 3 is 2.39 bits per heavy atom. The first-order valence-corrected chi connectivity index (χ1v) is 7.26. The van der Waals surface area contributed by atoms with E-state index in [1.807, 2.05) is 0 Å². The maximum absolute atomic E-state index is 5.74. The molecule has 1 aromatic rings. The first-order valence-electron chi connectivity index (χ1n) is 7.26. The summed E-state index contributed by atoms with van der Waals surface area (Å²) >= 11 is 0. The van der Waals surface area contributed by atoms with E-state index in [1.54, 1.807) is 11.1 Å². The normalized spacial score (nSPS) is 16.7. The first kappa shape index (κ1) is 13.6. The highest BCUT2D eigenvalue weighted by molar-refractivity contribution is 5.35. The number of nitrogens with two attached hydrogens (primary N) is 2. The molecular formula is C16H26N2. The van der Waals surface area contributed by atoms with Crippen LogP contribution in [0.1, 0.15) is 48.8 Å². The van der Waals surface area contributed by atoms with Crippen LogP contribution in [0.15, 0.2) is 18.2 Å². The monoisotopic (exact) mass is 246 g/mol. The van der Waals surface area contributed by atoms with Crippen molar-refractivity contribution >= 4 is 0 Å². The van der Waals surface area contributed by atoms with Gasteiger partial charge in [-0.05, 0) is 73.7 Å². The van der Waals surface area contributed by atoms with Crippen molar-refractivity contribution in [3.05, 3.63) is 34.9 Å². The van der Waals surface area contributed by atoms with Gasteiger partial charge in [-0.1, -0.05) is 25.1 Å². The number of benzene rings is 1. The van der Waals surface area contributed by atoms with E-state index in [2.05, 4.69) is 25.1 Å². The molecule has 2 rings (SSSR count). The van der Waals surface area contributed by atoms with Gasteiger partial charge in [0.25, 0.3) is 0 Å². The molecule has 1 unspecified atom stereocenters. The number of hydrogen-bond donors (Lipinski definition) is 2. The molecule has 0 radical (unpaired) electrons. The van der Waals surface area contributed by atoms with Gasteiger partial charge in [0.15, 0.2) is 0 Å². The Bertz CT molecular complexity index is 383. The minimum absolute atomic E-state index is 0.455. The van der Waals surface area contributed by atoms with E-state index >= 15 is 0 Å². The van der Waals surface area contributed by atoms with Crippen LogP contribution in [0.2, 0.25) is 0 Å². The van der Waals surface area contributed by atoms with E-state index in [0.29, 0.717) is 24.9 Å². The molecule has 2 heteroatoms. The van der Waals surface area contributed by atoms with E-state index in [9.17, 15) is 0 Å². The fourth-order valence-corrected chi connectivity index (χ4v) is 2.98. The van der Waals surface area contributed by atoms with Gasteiger partial charge in [-0.15, -0.1) is 0 Å². The van der Waals surface area contributed by atoms with Gasteiger partial charge in [0.1, 0.15) is 0 Å². The molecule has 0 bridgehead atoms. The first-order chi connectivity index (χ1) is 8.74. The third-order valence-corrected chi connectivity index (χ3v) is 4.30. The lowest BCUT2D eigenvalue weighted by atomic mass is 9.85. The van der Waals surface area contributed by atoms with Crippen molar-refractivity contribution in [1.29, 1.82) is 0 Å². The Hall–Kier alpha value is -0.860. The van der Waals surface area contributed by atoms with E-state index < -0.39 is 0 Å². The number of rotatable bonds is 5. The lowest BCUT2D eigenvalue weighted by Crippen LogP contribution is -2.24. The summed E-state index contributed by atoms with van der Waals surface area (Å²) in [5, 5.41) is 0. The number of fused-ring (bicyclic) bond motifs is 1. The molecule has 18 heavy (non-hydrogen) atoms. The van der Waals surface area contributed by atoms with Crippen LogP contribution in [-0.2, 0) is 12.8 Å². The van der Waals surface area contributed by atoms with Gasteiger partial charge < -0.3 is 11.5 Å². The molecule has 0 saturated heterocycles. The molecule has 0 aromatic heterocycles. The zero-order valence-corrected chi connectivity index (χ0v) is 11.5. The molecule has 0 saturated carbocycles. The Labute approximate surface area is 111 Å². The standard InChI is InChI=1S/C16H26N2/c1-12(8-13(10-17)11-18)15-7-6-14-4-2-3-5-16(14)9-15/h6-7,9,12-13H,2-5,8,10-11,17-18H2,1H3. The molecule has 0 aliphatic heterocycles. The number of hydrogen-bond acceptors (Lipinski definition) is 2. The second-order valence-electron chi connectivity index (χ2n) is 5.71. The van der Waals surface area contributed by atoms with E-state index in [-0.39, 0.29) is 0 Å². The lowest BCUT2D eigenvalue weighted by molar-refractivity contribution is 0.465. The second-order valence-corrected chi connectivity index (χ2v) is 5.71. The van der Waals surface area contributed by atoms with Crippen LogP contribution >= 0.6 is 0 Å². The van der Waals surface area contributed by atoms with Crippen molar-refractivity contribution in [3.8, 4) is 0 Å². The summed E-state index contributed by atoms with van der Waals surface area (Å²) < 4.78 is 0. The van der Waals surface area contributed by atoms with Gasteiger partial charge in [-0.3, -0.25) is 0 Å². The van der Waals surface area contributed by atoms with Crippen LogP contribution in [0.3, 0.4) is 0 Å². The highest BCUT2D eigenvalue weighted by Crippen LogP contribution is 2.28. The average Bonchev–Trinajstić information content (AvgIpc) is 2.44. The van der Waals surface area contributed by atoms with Crippen molar-refractivity contribution < 1.29 is 0 Å². The summed E-state index contributed by atoms with van der Waals surface area (Å²) in [5.41, 5.74) is 16.1. The molecule has 0 fully saturated rings. The van der Waals surface area contributed by atoms with Crippen LogP contribution in [0.4, 0.5) is 0 Å². The SMILES string of the molecule is CC(CC(CN)CN)c1ccc2c(c1)CCCC2. The Morgan fingerprint density at radius 1 is 1.06 bits per heavy atom. The van der Waals surface area contributed by atoms with E-state index in [1.165, 1.54) is 31.2 Å². The topological polar surface area (TPSA) is 52.0 Å². The molecule has 1 aromatic carbocycles. The predicted molar refractivity (Wildman–Crippen MR) is 77.7 cm³/mol. The van der Waals surface area contributed by atoms with Crippen molar-refractivity contribution in [2.45, 2.75) is 44.9 Å². The summed E-state index contributed by atoms with van der Waals surface area (Å²) in [6.07, 6.45) is 6.32. The van der Waals surface area contributed by atoms with Gasteiger partial charge in [0.05, 0.1) is 0 Å². The Balaban J connectivity index is 2.08. The van der Waals surface area contributed by atoms with Gasteiger partial charge in [-0.2, -0.15) is 0 Å². The maximum Gasteiger partial charge on any atom is -0.00366 e. The predicted octanol–water partition coefficient (Wildman–Crippen LogP) is 2.59. The van der Waals surface area contributed by atoms with Crippen molar-refractivity contribution in [2.75, 3.05) is 13.1 Å². The highest BCUT2D eigenvalue weighted by atomic mass is 14.6. The fraction of sp³-hybridized carbons (Fsp3) is 0.625. The van der Waals surface area contributed by atoms with Crippen LogP contribution in [-0.4, -0.2) is 13.1 Å². The summed E-state index contributed by atoms with van der Waals surface area (Å²) in [6.45, 7) is 3.69. The molecule has 1 atom stereocenters. The molecule has 1 aliphatic carbocycles. The van der Waals surface area contributed by atoms with E-state index in [0.717, 1.165) is 6.42 Å². The zero-order chi connectivity index (χ0) is 13.0. The summed E-state index contributed by atoms with van der Waals surface area (Å²) in [7, 11) is 0. The quantitative estimate of drug-likeness (QED) is 0.839. The summed E-state index contributed by atoms with van der Waals surface area (Å²) in [4.78, 5) is 0. The number of aryl methyl sites for hydroxylation is 2. The Morgan fingerprint density at radius 2 is 1.72 bits per heavy atom. The highest BCUT2D eigenvalue weighted by Gasteiger charge is 2.15. The van der Waals surface area contributed by atoms with Crippen molar-refractivity contribution in [3.63, 3.8) is 0 Å². The summed E-state index contributed by atoms with van der Waals surface area (Å²) in [6, 6.07) is 7.06. The molecule has 1 aliphatic rings. The largest absolute Gasteiger partial charge is 0.330 e. The van der Waals surface area contributed by atoms with Crippen LogP contribution < -0.4 is 11.5 Å². The van der Waals surface area contributed by atoms with Gasteiger partial charge in [0, 0.05) is 0 Å². The minimum Gasteiger partial charge on any atom is -0.330 e. The molecule has 0 amide bonds. The third kappa shape index (κ3) is 3.12. The molecule has 4 N–H and O–H groups in total. The maximum atomic E-state index is 5.74. The smallest absolute Gasteiger partial charge is 0.00366 e. The summed E-state index contributed by atoms with van der Waals surface area (Å²) in [5.74, 6) is 1.02. The third-order valence-electron chi connectivity index (χ3n) is 4.30.